The molecule has 0 aromatic heterocycles. The Morgan fingerprint density at radius 1 is 1.38 bits per heavy atom. The van der Waals surface area contributed by atoms with E-state index in [2.05, 4.69) is 13.8 Å². The van der Waals surface area contributed by atoms with Crippen molar-refractivity contribution in [3.63, 3.8) is 0 Å². The third-order valence-electron chi connectivity index (χ3n) is 3.09. The Hall–Kier alpha value is -0.330. The largest absolute Gasteiger partial charge is 0.300 e. The Bertz CT molecular complexity index is 163. The molecule has 1 rings (SSSR count). The Morgan fingerprint density at radius 3 is 2.77 bits per heavy atom. The molecule has 0 radical (unpaired) electrons. The summed E-state index contributed by atoms with van der Waals surface area (Å²) in [7, 11) is 0. The minimum Gasteiger partial charge on any atom is -0.300 e. The summed E-state index contributed by atoms with van der Waals surface area (Å²) < 4.78 is 0. The minimum atomic E-state index is 0.488. The molecule has 1 saturated carbocycles. The molecule has 0 saturated heterocycles. The molecule has 1 heteroatoms. The van der Waals surface area contributed by atoms with Crippen molar-refractivity contribution in [2.24, 2.45) is 11.8 Å². The number of carbonyl (C=O) groups is 1. The molecule has 76 valence electrons. The number of ketones is 1. The van der Waals surface area contributed by atoms with E-state index in [1.165, 1.54) is 25.7 Å². The molecular weight excluding hydrogens is 160 g/mol. The van der Waals surface area contributed by atoms with Crippen LogP contribution in [0, 0.1) is 11.8 Å². The lowest BCUT2D eigenvalue weighted by Crippen LogP contribution is -2.16. The molecule has 1 aliphatic carbocycles. The van der Waals surface area contributed by atoms with E-state index in [-0.39, 0.29) is 0 Å². The first-order chi connectivity index (χ1) is 6.22. The first-order valence-electron chi connectivity index (χ1n) is 5.74. The summed E-state index contributed by atoms with van der Waals surface area (Å²) in [5.41, 5.74) is 0. The van der Waals surface area contributed by atoms with Gasteiger partial charge in [-0.3, -0.25) is 4.79 Å². The molecule has 1 nitrogen and oxygen atoms in total. The monoisotopic (exact) mass is 182 g/mol. The van der Waals surface area contributed by atoms with Crippen LogP contribution in [-0.4, -0.2) is 5.78 Å². The lowest BCUT2D eigenvalue weighted by atomic mass is 9.80. The van der Waals surface area contributed by atoms with E-state index < -0.39 is 0 Å². The summed E-state index contributed by atoms with van der Waals surface area (Å²) in [6.07, 6.45) is 7.96. The van der Waals surface area contributed by atoms with E-state index in [1.807, 2.05) is 0 Å². The Kier molecular flexibility index (Phi) is 4.47. The highest BCUT2D eigenvalue weighted by atomic mass is 16.1. The SMILES string of the molecule is CCCC(=O)CC1CCCC(C)C1. The van der Waals surface area contributed by atoms with Gasteiger partial charge in [0.1, 0.15) is 5.78 Å². The molecule has 2 unspecified atom stereocenters. The first kappa shape index (κ1) is 10.7. The van der Waals surface area contributed by atoms with Crippen LogP contribution in [0.1, 0.15) is 58.8 Å². The maximum atomic E-state index is 11.4. The van der Waals surface area contributed by atoms with E-state index in [4.69, 9.17) is 0 Å². The van der Waals surface area contributed by atoms with Crippen LogP contribution in [-0.2, 0) is 4.79 Å². The summed E-state index contributed by atoms with van der Waals surface area (Å²) in [6, 6.07) is 0. The van der Waals surface area contributed by atoms with E-state index >= 15 is 0 Å². The quantitative estimate of drug-likeness (QED) is 0.649. The maximum Gasteiger partial charge on any atom is 0.133 e. The molecule has 2 atom stereocenters. The second kappa shape index (κ2) is 5.41. The van der Waals surface area contributed by atoms with Crippen molar-refractivity contribution < 1.29 is 4.79 Å². The highest BCUT2D eigenvalue weighted by molar-refractivity contribution is 5.78. The van der Waals surface area contributed by atoms with E-state index in [1.54, 1.807) is 0 Å². The highest BCUT2D eigenvalue weighted by Gasteiger charge is 2.20. The van der Waals surface area contributed by atoms with Crippen molar-refractivity contribution in [3.8, 4) is 0 Å². The van der Waals surface area contributed by atoms with Crippen LogP contribution in [0.2, 0.25) is 0 Å². The Labute approximate surface area is 81.9 Å². The van der Waals surface area contributed by atoms with Crippen LogP contribution < -0.4 is 0 Å². The zero-order valence-corrected chi connectivity index (χ0v) is 9.01. The fraction of sp³-hybridized carbons (Fsp3) is 0.917. The van der Waals surface area contributed by atoms with Gasteiger partial charge in [0.05, 0.1) is 0 Å². The zero-order chi connectivity index (χ0) is 9.68. The summed E-state index contributed by atoms with van der Waals surface area (Å²) in [6.45, 7) is 4.40. The van der Waals surface area contributed by atoms with Crippen LogP contribution in [0.4, 0.5) is 0 Å². The molecular formula is C12H22O. The second-order valence-corrected chi connectivity index (χ2v) is 4.63. The second-order valence-electron chi connectivity index (χ2n) is 4.63. The predicted octanol–water partition coefficient (Wildman–Crippen LogP) is 3.57. The van der Waals surface area contributed by atoms with Gasteiger partial charge in [-0.25, -0.2) is 0 Å². The van der Waals surface area contributed by atoms with E-state index in [0.29, 0.717) is 11.7 Å². The zero-order valence-electron chi connectivity index (χ0n) is 9.01. The first-order valence-corrected chi connectivity index (χ1v) is 5.74. The topological polar surface area (TPSA) is 17.1 Å². The van der Waals surface area contributed by atoms with Gasteiger partial charge < -0.3 is 0 Å². The average molecular weight is 182 g/mol. The maximum absolute atomic E-state index is 11.4. The summed E-state index contributed by atoms with van der Waals surface area (Å²) >= 11 is 0. The van der Waals surface area contributed by atoms with Crippen LogP contribution in [0.25, 0.3) is 0 Å². The van der Waals surface area contributed by atoms with Gasteiger partial charge in [0.15, 0.2) is 0 Å². The number of hydrogen-bond donors (Lipinski definition) is 0. The van der Waals surface area contributed by atoms with Gasteiger partial charge in [0, 0.05) is 12.8 Å². The van der Waals surface area contributed by atoms with Crippen LogP contribution in [0.3, 0.4) is 0 Å². The van der Waals surface area contributed by atoms with Crippen molar-refractivity contribution >= 4 is 5.78 Å². The molecule has 0 spiro atoms. The van der Waals surface area contributed by atoms with Crippen molar-refractivity contribution in [2.45, 2.75) is 58.8 Å². The third kappa shape index (κ3) is 3.93. The lowest BCUT2D eigenvalue weighted by Gasteiger charge is -2.26. The van der Waals surface area contributed by atoms with Crippen molar-refractivity contribution in [1.29, 1.82) is 0 Å². The highest BCUT2D eigenvalue weighted by Crippen LogP contribution is 2.31. The predicted molar refractivity (Wildman–Crippen MR) is 55.7 cm³/mol. The van der Waals surface area contributed by atoms with Crippen molar-refractivity contribution in [2.75, 3.05) is 0 Å². The minimum absolute atomic E-state index is 0.488. The molecule has 0 aliphatic heterocycles. The smallest absolute Gasteiger partial charge is 0.133 e. The number of Topliss-reactive ketones (excluding diaryl/α,β-unsaturated/α-hetero) is 1. The van der Waals surface area contributed by atoms with Gasteiger partial charge in [0.2, 0.25) is 0 Å². The molecule has 1 fully saturated rings. The Morgan fingerprint density at radius 2 is 2.15 bits per heavy atom. The van der Waals surface area contributed by atoms with Gasteiger partial charge in [-0.1, -0.05) is 33.1 Å². The van der Waals surface area contributed by atoms with Gasteiger partial charge in [-0.15, -0.1) is 0 Å². The van der Waals surface area contributed by atoms with E-state index in [9.17, 15) is 4.79 Å². The molecule has 0 N–H and O–H groups in total. The fourth-order valence-corrected chi connectivity index (χ4v) is 2.45. The molecule has 0 bridgehead atoms. The number of rotatable bonds is 4. The lowest BCUT2D eigenvalue weighted by molar-refractivity contribution is -0.120. The Balaban J connectivity index is 2.23. The molecule has 13 heavy (non-hydrogen) atoms. The summed E-state index contributed by atoms with van der Waals surface area (Å²) in [4.78, 5) is 11.4. The molecule has 1 aliphatic rings. The standard InChI is InChI=1S/C12H22O/c1-3-5-12(13)9-11-7-4-6-10(2)8-11/h10-11H,3-9H2,1-2H3. The third-order valence-corrected chi connectivity index (χ3v) is 3.09. The number of hydrogen-bond acceptors (Lipinski definition) is 1. The van der Waals surface area contributed by atoms with Crippen LogP contribution >= 0.6 is 0 Å². The fourth-order valence-electron chi connectivity index (χ4n) is 2.45. The van der Waals surface area contributed by atoms with E-state index in [0.717, 1.165) is 25.2 Å². The average Bonchev–Trinajstić information content (AvgIpc) is 2.04. The summed E-state index contributed by atoms with van der Waals surface area (Å²) in [5.74, 6) is 2.05. The molecule has 0 aromatic carbocycles. The van der Waals surface area contributed by atoms with Crippen LogP contribution in [0.5, 0.6) is 0 Å². The van der Waals surface area contributed by atoms with Crippen molar-refractivity contribution in [3.05, 3.63) is 0 Å². The van der Waals surface area contributed by atoms with Gasteiger partial charge in [-0.2, -0.15) is 0 Å². The molecule has 0 heterocycles. The van der Waals surface area contributed by atoms with Crippen molar-refractivity contribution in [1.82, 2.24) is 0 Å². The van der Waals surface area contributed by atoms with Gasteiger partial charge in [0.25, 0.3) is 0 Å². The normalized spacial score (nSPS) is 28.8. The molecule has 0 aromatic rings. The summed E-state index contributed by atoms with van der Waals surface area (Å²) in [5, 5.41) is 0. The van der Waals surface area contributed by atoms with Gasteiger partial charge >= 0.3 is 0 Å². The van der Waals surface area contributed by atoms with Crippen LogP contribution in [0.15, 0.2) is 0 Å². The molecule has 0 amide bonds. The van der Waals surface area contributed by atoms with Gasteiger partial charge in [-0.05, 0) is 24.7 Å². The number of carbonyl (C=O) groups excluding carboxylic acids is 1.